The van der Waals surface area contributed by atoms with E-state index in [1.54, 1.807) is 6.92 Å². The maximum atomic E-state index is 9.25. The Morgan fingerprint density at radius 1 is 2.00 bits per heavy atom. The van der Waals surface area contributed by atoms with E-state index in [4.69, 9.17) is 17.0 Å². The first-order valence-corrected chi connectivity index (χ1v) is 3.84. The van der Waals surface area contributed by atoms with Crippen molar-refractivity contribution in [3.8, 4) is 0 Å². The lowest BCUT2D eigenvalue weighted by Gasteiger charge is -2.11. The van der Waals surface area contributed by atoms with Gasteiger partial charge in [0.15, 0.2) is 0 Å². The second-order valence-corrected chi connectivity index (χ2v) is 3.40. The molecule has 0 aromatic rings. The van der Waals surface area contributed by atoms with E-state index in [0.717, 1.165) is 11.9 Å². The molecule has 10 heavy (non-hydrogen) atoms. The Bertz CT molecular complexity index is 202. The van der Waals surface area contributed by atoms with Crippen LogP contribution in [0.25, 0.3) is 0 Å². The molecule has 1 heterocycles. The summed E-state index contributed by atoms with van der Waals surface area (Å²) in [5.41, 5.74) is -1.03. The van der Waals surface area contributed by atoms with E-state index in [0.29, 0.717) is 4.91 Å². The molecule has 0 aromatic heterocycles. The monoisotopic (exact) mass is 178 g/mol. The summed E-state index contributed by atoms with van der Waals surface area (Å²) in [6.07, 6.45) is 1.51. The molecule has 0 spiro atoms. The number of halogens is 1. The smallest absolute Gasteiger partial charge is 0.142 e. The van der Waals surface area contributed by atoms with E-state index >= 15 is 0 Å². The highest BCUT2D eigenvalue weighted by molar-refractivity contribution is 8.02. The minimum Gasteiger partial charge on any atom is -0.372 e. The summed E-state index contributed by atoms with van der Waals surface area (Å²) in [6.45, 7) is 1.59. The van der Waals surface area contributed by atoms with E-state index in [9.17, 15) is 5.11 Å². The quantitative estimate of drug-likeness (QED) is 0.416. The van der Waals surface area contributed by atoms with Crippen molar-refractivity contribution >= 4 is 28.7 Å². The van der Waals surface area contributed by atoms with Crippen molar-refractivity contribution in [1.29, 1.82) is 5.41 Å². The summed E-state index contributed by atoms with van der Waals surface area (Å²) in [5, 5.41) is 16.2. The third-order valence-electron chi connectivity index (χ3n) is 0.996. The molecule has 0 aliphatic carbocycles. The van der Waals surface area contributed by atoms with Crippen LogP contribution in [-0.2, 0) is 0 Å². The molecule has 0 radical (unpaired) electrons. The summed E-state index contributed by atoms with van der Waals surface area (Å²) in [5.74, 6) is 0. The van der Waals surface area contributed by atoms with Gasteiger partial charge in [-0.1, -0.05) is 11.6 Å². The van der Waals surface area contributed by atoms with Crippen molar-refractivity contribution in [3.05, 3.63) is 11.0 Å². The van der Waals surface area contributed by atoms with Crippen LogP contribution in [0.15, 0.2) is 11.0 Å². The topological polar surface area (TPSA) is 56.1 Å². The number of hydrogen-bond acceptors (Lipinski definition) is 4. The summed E-state index contributed by atoms with van der Waals surface area (Å²) < 4.78 is 2.68. The normalized spacial score (nSPS) is 32.1. The average molecular weight is 179 g/mol. The molecule has 0 amide bonds. The van der Waals surface area contributed by atoms with Crippen LogP contribution < -0.4 is 4.72 Å². The second-order valence-electron chi connectivity index (χ2n) is 2.17. The zero-order valence-corrected chi connectivity index (χ0v) is 6.88. The lowest BCUT2D eigenvalue weighted by atomic mass is 10.2. The first-order chi connectivity index (χ1) is 4.51. The molecule has 0 saturated carbocycles. The van der Waals surface area contributed by atoms with Crippen molar-refractivity contribution in [2.24, 2.45) is 0 Å². The van der Waals surface area contributed by atoms with Crippen LogP contribution in [0.1, 0.15) is 6.92 Å². The van der Waals surface area contributed by atoms with Crippen molar-refractivity contribution in [2.75, 3.05) is 0 Å². The van der Waals surface area contributed by atoms with Crippen LogP contribution in [0.4, 0.5) is 0 Å². The molecule has 5 heteroatoms. The Hall–Kier alpha value is -0.0300. The van der Waals surface area contributed by atoms with Gasteiger partial charge in [-0.2, -0.15) is 0 Å². The molecule has 1 atom stereocenters. The minimum atomic E-state index is -1.03. The van der Waals surface area contributed by atoms with Gasteiger partial charge in [0.25, 0.3) is 0 Å². The first-order valence-electron chi connectivity index (χ1n) is 2.65. The Balaban J connectivity index is 2.76. The number of hydrogen-bond donors (Lipinski definition) is 3. The average Bonchev–Trinajstić information content (AvgIpc) is 2.10. The number of rotatable bonds is 1. The van der Waals surface area contributed by atoms with Crippen molar-refractivity contribution < 1.29 is 5.11 Å². The predicted molar refractivity (Wildman–Crippen MR) is 43.0 cm³/mol. The summed E-state index contributed by atoms with van der Waals surface area (Å²) in [4.78, 5) is 0.562. The molecule has 3 N–H and O–H groups in total. The highest BCUT2D eigenvalue weighted by Gasteiger charge is 2.26. The fraction of sp³-hybridized carbons (Fsp3) is 0.400. The Morgan fingerprint density at radius 3 is 2.80 bits per heavy atom. The van der Waals surface area contributed by atoms with Crippen LogP contribution in [0.2, 0.25) is 0 Å². The largest absolute Gasteiger partial charge is 0.372 e. The minimum absolute atomic E-state index is 0.0460. The molecule has 0 saturated heterocycles. The SMILES string of the molecule is CC1(O)C=C(C(=N)Cl)SN1. The van der Waals surface area contributed by atoms with Gasteiger partial charge in [0.05, 0.1) is 4.91 Å². The third kappa shape index (κ3) is 1.73. The molecular weight excluding hydrogens is 172 g/mol. The zero-order chi connectivity index (χ0) is 7.78. The molecule has 0 bridgehead atoms. The Morgan fingerprint density at radius 2 is 2.60 bits per heavy atom. The van der Waals surface area contributed by atoms with E-state index in [-0.39, 0.29) is 5.17 Å². The van der Waals surface area contributed by atoms with Crippen LogP contribution in [0.5, 0.6) is 0 Å². The van der Waals surface area contributed by atoms with E-state index in [2.05, 4.69) is 4.72 Å². The molecule has 0 aromatic carbocycles. The highest BCUT2D eigenvalue weighted by atomic mass is 35.5. The molecular formula is C5H7ClN2OS. The van der Waals surface area contributed by atoms with Crippen LogP contribution in [-0.4, -0.2) is 16.0 Å². The highest BCUT2D eigenvalue weighted by Crippen LogP contribution is 2.27. The van der Waals surface area contributed by atoms with Crippen molar-refractivity contribution in [3.63, 3.8) is 0 Å². The fourth-order valence-electron chi connectivity index (χ4n) is 0.581. The first kappa shape index (κ1) is 8.07. The lowest BCUT2D eigenvalue weighted by molar-refractivity contribution is 0.106. The van der Waals surface area contributed by atoms with E-state index < -0.39 is 5.72 Å². The number of allylic oxidation sites excluding steroid dienone is 1. The molecule has 3 nitrogen and oxygen atoms in total. The Kier molecular flexibility index (Phi) is 2.05. The summed E-state index contributed by atoms with van der Waals surface area (Å²) in [7, 11) is 0. The van der Waals surface area contributed by atoms with Gasteiger partial charge in [-0.25, -0.2) is 4.72 Å². The van der Waals surface area contributed by atoms with Crippen LogP contribution >= 0.6 is 23.5 Å². The Labute approximate surface area is 68.1 Å². The molecule has 1 aliphatic heterocycles. The van der Waals surface area contributed by atoms with E-state index in [1.807, 2.05) is 0 Å². The standard InChI is InChI=1S/C5H7ClN2OS/c1-5(9)2-3(4(6)7)10-8-5/h2,7-9H,1H3. The lowest BCUT2D eigenvalue weighted by Crippen LogP contribution is -2.31. The zero-order valence-electron chi connectivity index (χ0n) is 5.31. The van der Waals surface area contributed by atoms with Gasteiger partial charge in [0.1, 0.15) is 10.9 Å². The van der Waals surface area contributed by atoms with Gasteiger partial charge in [-0.3, -0.25) is 5.41 Å². The predicted octanol–water partition coefficient (Wildman–Crippen LogP) is 1.05. The molecule has 56 valence electrons. The molecule has 1 rings (SSSR count). The van der Waals surface area contributed by atoms with Crippen LogP contribution in [0.3, 0.4) is 0 Å². The molecule has 1 unspecified atom stereocenters. The molecule has 1 aliphatic rings. The fourth-order valence-corrected chi connectivity index (χ4v) is 1.50. The van der Waals surface area contributed by atoms with Crippen LogP contribution in [0, 0.1) is 5.41 Å². The summed E-state index contributed by atoms with van der Waals surface area (Å²) >= 11 is 6.52. The maximum absolute atomic E-state index is 9.25. The van der Waals surface area contributed by atoms with Crippen molar-refractivity contribution in [1.82, 2.24) is 4.72 Å². The summed E-state index contributed by atoms with van der Waals surface area (Å²) in [6, 6.07) is 0. The number of nitrogens with one attached hydrogen (secondary N) is 2. The van der Waals surface area contributed by atoms with Gasteiger partial charge >= 0.3 is 0 Å². The number of aliphatic hydroxyl groups is 1. The van der Waals surface area contributed by atoms with Gasteiger partial charge in [-0.15, -0.1) is 0 Å². The van der Waals surface area contributed by atoms with E-state index in [1.165, 1.54) is 6.08 Å². The maximum Gasteiger partial charge on any atom is 0.142 e. The van der Waals surface area contributed by atoms with Crippen molar-refractivity contribution in [2.45, 2.75) is 12.6 Å². The van der Waals surface area contributed by atoms with Gasteiger partial charge in [-0.05, 0) is 24.9 Å². The molecule has 0 fully saturated rings. The third-order valence-corrected chi connectivity index (χ3v) is 2.37. The second kappa shape index (κ2) is 2.54. The van der Waals surface area contributed by atoms with Gasteiger partial charge in [0.2, 0.25) is 0 Å². The van der Waals surface area contributed by atoms with Gasteiger partial charge < -0.3 is 5.11 Å². The van der Waals surface area contributed by atoms with Gasteiger partial charge in [0, 0.05) is 0 Å².